The van der Waals surface area contributed by atoms with E-state index in [1.165, 1.54) is 6.42 Å². The van der Waals surface area contributed by atoms with Crippen LogP contribution in [-0.4, -0.2) is 30.1 Å². The van der Waals surface area contributed by atoms with Gasteiger partial charge in [0, 0.05) is 28.5 Å². The van der Waals surface area contributed by atoms with E-state index in [2.05, 4.69) is 21.3 Å². The smallest absolute Gasteiger partial charge is 0.319 e. The summed E-state index contributed by atoms with van der Waals surface area (Å²) < 4.78 is 0. The highest BCUT2D eigenvalue weighted by Gasteiger charge is 2.47. The van der Waals surface area contributed by atoms with Crippen molar-refractivity contribution < 1.29 is 9.59 Å². The summed E-state index contributed by atoms with van der Waals surface area (Å²) in [4.78, 5) is 25.0. The second kappa shape index (κ2) is 7.94. The molecule has 4 rings (SSSR count). The number of hydrogen-bond acceptors (Lipinski definition) is 4. The zero-order valence-electron chi connectivity index (χ0n) is 16.0. The summed E-state index contributed by atoms with van der Waals surface area (Å²) in [5.41, 5.74) is 2.06. The molecule has 1 atom stereocenters. The lowest BCUT2D eigenvalue weighted by Gasteiger charge is -2.43. The third kappa shape index (κ3) is 4.08. The minimum atomic E-state index is -0.308. The van der Waals surface area contributed by atoms with Gasteiger partial charge in [-0.15, -0.1) is 0 Å². The Hall–Kier alpha value is -3.37. The number of urea groups is 1. The van der Waals surface area contributed by atoms with Gasteiger partial charge in [0.1, 0.15) is 0 Å². The number of benzene rings is 2. The molecule has 148 valence electrons. The summed E-state index contributed by atoms with van der Waals surface area (Å²) >= 11 is 0. The van der Waals surface area contributed by atoms with Crippen molar-refractivity contribution >= 4 is 23.3 Å². The standard InChI is InChI=1S/C22H23N5O2/c23-14-15-4-1-6-17(12-15)25-20(28)16-5-2-7-18(13-16)26-21(29)27-19-8-11-24-22(19)9-3-10-22/h1-2,4-7,12-13,19,24H,3,8-11H2,(H,25,28)(H2,26,27,29). The number of carbonyl (C=O) groups excluding carboxylic acids is 2. The van der Waals surface area contributed by atoms with Gasteiger partial charge in [-0.2, -0.15) is 5.26 Å². The molecule has 0 radical (unpaired) electrons. The molecule has 7 nitrogen and oxygen atoms in total. The average molecular weight is 389 g/mol. The van der Waals surface area contributed by atoms with Gasteiger partial charge in [-0.25, -0.2) is 4.79 Å². The maximum Gasteiger partial charge on any atom is 0.319 e. The van der Waals surface area contributed by atoms with E-state index in [1.807, 2.05) is 6.07 Å². The molecule has 7 heteroatoms. The van der Waals surface area contributed by atoms with Gasteiger partial charge in [-0.3, -0.25) is 4.79 Å². The van der Waals surface area contributed by atoms with Crippen molar-refractivity contribution in [3.63, 3.8) is 0 Å². The minimum Gasteiger partial charge on any atom is -0.333 e. The van der Waals surface area contributed by atoms with E-state index < -0.39 is 0 Å². The van der Waals surface area contributed by atoms with Crippen molar-refractivity contribution in [2.75, 3.05) is 17.2 Å². The van der Waals surface area contributed by atoms with Crippen LogP contribution in [0.2, 0.25) is 0 Å². The van der Waals surface area contributed by atoms with Crippen LogP contribution >= 0.6 is 0 Å². The molecule has 2 aromatic rings. The van der Waals surface area contributed by atoms with Gasteiger partial charge < -0.3 is 21.3 Å². The van der Waals surface area contributed by atoms with Gasteiger partial charge in [-0.05, 0) is 68.6 Å². The molecule has 1 saturated carbocycles. The summed E-state index contributed by atoms with van der Waals surface area (Å²) in [6.07, 6.45) is 4.32. The maximum absolute atomic E-state index is 12.5. The quantitative estimate of drug-likeness (QED) is 0.644. The number of rotatable bonds is 4. The maximum atomic E-state index is 12.5. The zero-order valence-corrected chi connectivity index (χ0v) is 16.0. The number of anilines is 2. The summed E-state index contributed by atoms with van der Waals surface area (Å²) in [6.45, 7) is 0.924. The Labute approximate surface area is 169 Å². The number of nitriles is 1. The molecule has 1 aliphatic carbocycles. The SMILES string of the molecule is N#Cc1cccc(NC(=O)c2cccc(NC(=O)NC3CCNC34CCC4)c2)c1. The van der Waals surface area contributed by atoms with Crippen LogP contribution in [0.5, 0.6) is 0 Å². The molecule has 0 aromatic heterocycles. The first kappa shape index (κ1) is 19.0. The van der Waals surface area contributed by atoms with E-state index in [9.17, 15) is 9.59 Å². The lowest BCUT2D eigenvalue weighted by molar-refractivity contribution is 0.102. The number of hydrogen-bond donors (Lipinski definition) is 4. The zero-order chi connectivity index (χ0) is 20.3. The number of amides is 3. The van der Waals surface area contributed by atoms with Crippen LogP contribution in [0.3, 0.4) is 0 Å². The Morgan fingerprint density at radius 2 is 1.83 bits per heavy atom. The molecule has 1 saturated heterocycles. The highest BCUT2D eigenvalue weighted by Crippen LogP contribution is 2.39. The highest BCUT2D eigenvalue weighted by molar-refractivity contribution is 6.05. The molecule has 29 heavy (non-hydrogen) atoms. The van der Waals surface area contributed by atoms with Gasteiger partial charge in [-0.1, -0.05) is 12.1 Å². The van der Waals surface area contributed by atoms with Crippen LogP contribution in [0, 0.1) is 11.3 Å². The fourth-order valence-electron chi connectivity index (χ4n) is 4.09. The van der Waals surface area contributed by atoms with Crippen molar-refractivity contribution in [3.05, 3.63) is 59.7 Å². The minimum absolute atomic E-state index is 0.0665. The van der Waals surface area contributed by atoms with E-state index in [0.29, 0.717) is 22.5 Å². The van der Waals surface area contributed by atoms with Crippen LogP contribution in [0.4, 0.5) is 16.2 Å². The number of nitrogens with one attached hydrogen (secondary N) is 4. The third-order valence-corrected chi connectivity index (χ3v) is 5.76. The predicted molar refractivity (Wildman–Crippen MR) is 111 cm³/mol. The van der Waals surface area contributed by atoms with Crippen molar-refractivity contribution in [3.8, 4) is 6.07 Å². The van der Waals surface area contributed by atoms with Crippen molar-refractivity contribution in [2.45, 2.75) is 37.3 Å². The molecule has 4 N–H and O–H groups in total. The lowest BCUT2D eigenvalue weighted by atomic mass is 9.73. The Kier molecular flexibility index (Phi) is 5.19. The Morgan fingerprint density at radius 3 is 2.55 bits per heavy atom. The molecule has 2 aliphatic rings. The Bertz CT molecular complexity index is 977. The molecule has 2 aromatic carbocycles. The molecule has 0 bridgehead atoms. The first-order valence-electron chi connectivity index (χ1n) is 9.82. The van der Waals surface area contributed by atoms with Crippen LogP contribution in [0.1, 0.15) is 41.6 Å². The molecule has 2 fully saturated rings. The topological polar surface area (TPSA) is 106 Å². The van der Waals surface area contributed by atoms with Gasteiger partial charge in [0.2, 0.25) is 0 Å². The molecule has 1 aliphatic heterocycles. The predicted octanol–water partition coefficient (Wildman–Crippen LogP) is 3.22. The lowest BCUT2D eigenvalue weighted by Crippen LogP contribution is -2.59. The van der Waals surface area contributed by atoms with Crippen LogP contribution in [-0.2, 0) is 0 Å². The first-order valence-corrected chi connectivity index (χ1v) is 9.82. The summed E-state index contributed by atoms with van der Waals surface area (Å²) in [5.74, 6) is -0.308. The summed E-state index contributed by atoms with van der Waals surface area (Å²) in [5, 5.41) is 21.2. The number of carbonyl (C=O) groups is 2. The second-order valence-electron chi connectivity index (χ2n) is 7.60. The van der Waals surface area contributed by atoms with E-state index in [0.717, 1.165) is 25.8 Å². The molecule has 1 heterocycles. The number of nitrogens with zero attached hydrogens (tertiary/aromatic N) is 1. The van der Waals surface area contributed by atoms with Gasteiger partial charge >= 0.3 is 6.03 Å². The normalized spacial score (nSPS) is 19.1. The van der Waals surface area contributed by atoms with Crippen LogP contribution in [0.15, 0.2) is 48.5 Å². The summed E-state index contributed by atoms with van der Waals surface area (Å²) in [7, 11) is 0. The van der Waals surface area contributed by atoms with Crippen molar-refractivity contribution in [1.29, 1.82) is 5.26 Å². The molecule has 3 amide bonds. The van der Waals surface area contributed by atoms with E-state index in [-0.39, 0.29) is 23.5 Å². The highest BCUT2D eigenvalue weighted by atomic mass is 16.2. The van der Waals surface area contributed by atoms with Gasteiger partial charge in [0.05, 0.1) is 11.6 Å². The van der Waals surface area contributed by atoms with Crippen molar-refractivity contribution in [1.82, 2.24) is 10.6 Å². The van der Waals surface area contributed by atoms with Gasteiger partial charge in [0.15, 0.2) is 0 Å². The molecule has 1 spiro atoms. The Morgan fingerprint density at radius 1 is 1.07 bits per heavy atom. The van der Waals surface area contributed by atoms with Gasteiger partial charge in [0.25, 0.3) is 5.91 Å². The fourth-order valence-corrected chi connectivity index (χ4v) is 4.09. The average Bonchev–Trinajstić information content (AvgIpc) is 3.12. The monoisotopic (exact) mass is 389 g/mol. The van der Waals surface area contributed by atoms with E-state index >= 15 is 0 Å². The van der Waals surface area contributed by atoms with Crippen LogP contribution in [0.25, 0.3) is 0 Å². The fraction of sp³-hybridized carbons (Fsp3) is 0.318. The summed E-state index contributed by atoms with van der Waals surface area (Å²) in [6, 6.07) is 15.4. The van der Waals surface area contributed by atoms with E-state index in [1.54, 1.807) is 48.5 Å². The molecule has 1 unspecified atom stereocenters. The Balaban J connectivity index is 1.38. The third-order valence-electron chi connectivity index (χ3n) is 5.76. The van der Waals surface area contributed by atoms with Crippen molar-refractivity contribution in [2.24, 2.45) is 0 Å². The second-order valence-corrected chi connectivity index (χ2v) is 7.60. The molecular formula is C22H23N5O2. The molecular weight excluding hydrogens is 366 g/mol. The first-order chi connectivity index (χ1) is 14.1. The van der Waals surface area contributed by atoms with Crippen LogP contribution < -0.4 is 21.3 Å². The van der Waals surface area contributed by atoms with E-state index in [4.69, 9.17) is 5.26 Å². The largest absolute Gasteiger partial charge is 0.333 e.